The standard InChI is InChI=1S/C22H19FN6OS2/c23-16-5-1-2-6-18(16)29-20(15-7-9-24-10-8-15)26-27-22(29)32-14-19-25-17(13-31-19)21(30)28-11-3-4-12-28/h1-2,5-10,13H,3-4,11-12,14H2. The molecule has 1 aromatic carbocycles. The van der Waals surface area contributed by atoms with E-state index in [1.807, 2.05) is 17.0 Å². The predicted octanol–water partition coefficient (Wildman–Crippen LogP) is 4.45. The fourth-order valence-electron chi connectivity index (χ4n) is 3.59. The summed E-state index contributed by atoms with van der Waals surface area (Å²) in [6.45, 7) is 1.59. The molecule has 5 rings (SSSR count). The van der Waals surface area contributed by atoms with Crippen molar-refractivity contribution in [3.63, 3.8) is 0 Å². The Morgan fingerprint density at radius 3 is 2.66 bits per heavy atom. The number of aromatic nitrogens is 5. The number of carbonyl (C=O) groups excluding carboxylic acids is 1. The molecule has 0 N–H and O–H groups in total. The second-order valence-corrected chi connectivity index (χ2v) is 9.13. The van der Waals surface area contributed by atoms with E-state index < -0.39 is 0 Å². The van der Waals surface area contributed by atoms with Gasteiger partial charge in [0.05, 0.1) is 11.4 Å². The lowest BCUT2D eigenvalue weighted by molar-refractivity contribution is 0.0787. The number of hydrogen-bond acceptors (Lipinski definition) is 7. The van der Waals surface area contributed by atoms with Gasteiger partial charge in [-0.1, -0.05) is 23.9 Å². The van der Waals surface area contributed by atoms with Crippen LogP contribution in [0.2, 0.25) is 0 Å². The van der Waals surface area contributed by atoms with Gasteiger partial charge in [-0.2, -0.15) is 0 Å². The van der Waals surface area contributed by atoms with Crippen LogP contribution in [0.5, 0.6) is 0 Å². The number of carbonyl (C=O) groups is 1. The molecule has 0 unspecified atom stereocenters. The molecule has 32 heavy (non-hydrogen) atoms. The minimum atomic E-state index is -0.364. The van der Waals surface area contributed by atoms with Crippen molar-refractivity contribution in [1.82, 2.24) is 29.6 Å². The number of halogens is 1. The van der Waals surface area contributed by atoms with Crippen LogP contribution in [0.15, 0.2) is 59.3 Å². The van der Waals surface area contributed by atoms with Crippen LogP contribution in [0.4, 0.5) is 4.39 Å². The minimum absolute atomic E-state index is 0.00973. The molecule has 0 atom stereocenters. The van der Waals surface area contributed by atoms with Crippen molar-refractivity contribution in [3.05, 3.63) is 70.7 Å². The zero-order valence-corrected chi connectivity index (χ0v) is 18.7. The topological polar surface area (TPSA) is 76.8 Å². The van der Waals surface area contributed by atoms with E-state index >= 15 is 0 Å². The summed E-state index contributed by atoms with van der Waals surface area (Å²) in [5.74, 6) is 0.659. The average Bonchev–Trinajstić information content (AvgIpc) is 3.59. The largest absolute Gasteiger partial charge is 0.337 e. The Morgan fingerprint density at radius 1 is 1.09 bits per heavy atom. The van der Waals surface area contributed by atoms with Crippen molar-refractivity contribution in [3.8, 4) is 17.1 Å². The van der Waals surface area contributed by atoms with E-state index in [0.29, 0.717) is 28.1 Å². The number of rotatable bonds is 6. The second kappa shape index (κ2) is 9.17. The molecule has 3 aromatic heterocycles. The SMILES string of the molecule is O=C(c1csc(CSc2nnc(-c3ccncc3)n2-c2ccccc2F)n1)N1CCCC1. The van der Waals surface area contributed by atoms with Gasteiger partial charge in [0.25, 0.3) is 5.91 Å². The smallest absolute Gasteiger partial charge is 0.273 e. The molecule has 0 radical (unpaired) electrons. The van der Waals surface area contributed by atoms with Crippen LogP contribution < -0.4 is 0 Å². The Morgan fingerprint density at radius 2 is 1.88 bits per heavy atom. The van der Waals surface area contributed by atoms with Crippen LogP contribution in [0.1, 0.15) is 28.3 Å². The summed E-state index contributed by atoms with van der Waals surface area (Å²) in [5, 5.41) is 11.8. The number of nitrogens with zero attached hydrogens (tertiary/aromatic N) is 6. The first-order valence-corrected chi connectivity index (χ1v) is 12.0. The first-order valence-electron chi connectivity index (χ1n) is 10.2. The third-order valence-electron chi connectivity index (χ3n) is 5.15. The number of thioether (sulfide) groups is 1. The van der Waals surface area contributed by atoms with Crippen LogP contribution in [-0.2, 0) is 5.75 Å². The molecule has 7 nitrogen and oxygen atoms in total. The molecule has 4 heterocycles. The van der Waals surface area contributed by atoms with Crippen molar-refractivity contribution in [2.45, 2.75) is 23.8 Å². The van der Waals surface area contributed by atoms with Gasteiger partial charge >= 0.3 is 0 Å². The molecular formula is C22H19FN6OS2. The van der Waals surface area contributed by atoms with Crippen molar-refractivity contribution in [1.29, 1.82) is 0 Å². The summed E-state index contributed by atoms with van der Waals surface area (Å²) in [7, 11) is 0. The number of amides is 1. The van der Waals surface area contributed by atoms with Crippen LogP contribution in [0.3, 0.4) is 0 Å². The molecule has 0 saturated carbocycles. The lowest BCUT2D eigenvalue weighted by Gasteiger charge is -2.12. The molecule has 0 aliphatic carbocycles. The molecule has 0 spiro atoms. The Bertz CT molecular complexity index is 1240. The van der Waals surface area contributed by atoms with Crippen molar-refractivity contribution in [2.24, 2.45) is 0 Å². The number of para-hydroxylation sites is 1. The predicted molar refractivity (Wildman–Crippen MR) is 121 cm³/mol. The van der Waals surface area contributed by atoms with E-state index in [1.54, 1.807) is 40.5 Å². The van der Waals surface area contributed by atoms with Gasteiger partial charge in [0, 0.05) is 36.4 Å². The van der Waals surface area contributed by atoms with Gasteiger partial charge in [0.15, 0.2) is 11.0 Å². The Hall–Kier alpha value is -3.11. The summed E-state index contributed by atoms with van der Waals surface area (Å²) in [5.41, 5.74) is 1.65. The minimum Gasteiger partial charge on any atom is -0.337 e. The third kappa shape index (κ3) is 4.15. The van der Waals surface area contributed by atoms with E-state index in [0.717, 1.165) is 36.5 Å². The number of thiazole rings is 1. The lowest BCUT2D eigenvalue weighted by atomic mass is 10.2. The first-order chi connectivity index (χ1) is 15.7. The maximum atomic E-state index is 14.7. The molecule has 1 fully saturated rings. The van der Waals surface area contributed by atoms with Gasteiger partial charge in [-0.3, -0.25) is 14.3 Å². The molecule has 1 saturated heterocycles. The molecule has 0 bridgehead atoms. The van der Waals surface area contributed by atoms with Gasteiger partial charge in [-0.15, -0.1) is 21.5 Å². The Balaban J connectivity index is 1.41. The quantitative estimate of drug-likeness (QED) is 0.391. The molecule has 10 heteroatoms. The summed E-state index contributed by atoms with van der Waals surface area (Å²) in [4.78, 5) is 23.0. The summed E-state index contributed by atoms with van der Waals surface area (Å²) in [6.07, 6.45) is 5.42. The first kappa shape index (κ1) is 20.8. The second-order valence-electron chi connectivity index (χ2n) is 7.24. The van der Waals surface area contributed by atoms with Gasteiger partial charge in [0.1, 0.15) is 16.5 Å². The normalized spacial score (nSPS) is 13.6. The van der Waals surface area contributed by atoms with E-state index in [1.165, 1.54) is 29.2 Å². The monoisotopic (exact) mass is 466 g/mol. The molecule has 1 aliphatic heterocycles. The fourth-order valence-corrected chi connectivity index (χ4v) is 5.32. The maximum Gasteiger partial charge on any atom is 0.273 e. The number of pyridine rings is 1. The summed E-state index contributed by atoms with van der Waals surface area (Å²) < 4.78 is 16.4. The Kier molecular flexibility index (Phi) is 5.95. The highest BCUT2D eigenvalue weighted by atomic mass is 32.2. The Labute approximate surface area is 192 Å². The fraction of sp³-hybridized carbons (Fsp3) is 0.227. The van der Waals surface area contributed by atoms with Crippen molar-refractivity contribution < 1.29 is 9.18 Å². The van der Waals surface area contributed by atoms with E-state index in [2.05, 4.69) is 20.2 Å². The van der Waals surface area contributed by atoms with Crippen LogP contribution in [0.25, 0.3) is 17.1 Å². The molecular weight excluding hydrogens is 447 g/mol. The highest BCUT2D eigenvalue weighted by molar-refractivity contribution is 7.98. The number of hydrogen-bond donors (Lipinski definition) is 0. The highest BCUT2D eigenvalue weighted by Gasteiger charge is 2.23. The molecule has 4 aromatic rings. The van der Waals surface area contributed by atoms with Crippen LogP contribution in [0, 0.1) is 5.82 Å². The molecule has 162 valence electrons. The van der Waals surface area contributed by atoms with Crippen LogP contribution in [-0.4, -0.2) is 48.6 Å². The summed E-state index contributed by atoms with van der Waals surface area (Å²) in [6, 6.07) is 10.2. The zero-order valence-electron chi connectivity index (χ0n) is 17.0. The van der Waals surface area contributed by atoms with Gasteiger partial charge in [-0.25, -0.2) is 9.37 Å². The summed E-state index contributed by atoms with van der Waals surface area (Å²) >= 11 is 2.85. The van der Waals surface area contributed by atoms with Crippen molar-refractivity contribution >= 4 is 29.0 Å². The third-order valence-corrected chi connectivity index (χ3v) is 7.13. The van der Waals surface area contributed by atoms with E-state index in [4.69, 9.17) is 0 Å². The average molecular weight is 467 g/mol. The van der Waals surface area contributed by atoms with Gasteiger partial charge in [-0.05, 0) is 37.1 Å². The maximum absolute atomic E-state index is 14.7. The van der Waals surface area contributed by atoms with Crippen molar-refractivity contribution in [2.75, 3.05) is 13.1 Å². The van der Waals surface area contributed by atoms with Crippen LogP contribution >= 0.6 is 23.1 Å². The highest BCUT2D eigenvalue weighted by Crippen LogP contribution is 2.31. The van der Waals surface area contributed by atoms with Gasteiger partial charge < -0.3 is 4.90 Å². The van der Waals surface area contributed by atoms with E-state index in [-0.39, 0.29) is 11.7 Å². The molecule has 1 amide bonds. The molecule has 1 aliphatic rings. The number of likely N-dealkylation sites (tertiary alicyclic amines) is 1. The number of benzene rings is 1. The van der Waals surface area contributed by atoms with E-state index in [9.17, 15) is 9.18 Å². The lowest BCUT2D eigenvalue weighted by Crippen LogP contribution is -2.27. The van der Waals surface area contributed by atoms with Gasteiger partial charge in [0.2, 0.25) is 0 Å². The zero-order chi connectivity index (χ0) is 21.9.